The van der Waals surface area contributed by atoms with Gasteiger partial charge in [0.25, 0.3) is 5.91 Å². The smallest absolute Gasteiger partial charge is 0.252 e. The van der Waals surface area contributed by atoms with Crippen molar-refractivity contribution in [2.45, 2.75) is 6.92 Å². The van der Waals surface area contributed by atoms with Gasteiger partial charge in [-0.2, -0.15) is 0 Å². The van der Waals surface area contributed by atoms with Crippen LogP contribution in [0.15, 0.2) is 16.6 Å². The minimum Gasteiger partial charge on any atom is -0.496 e. The maximum atomic E-state index is 11.0. The number of carbonyl (C=O) groups is 1. The molecule has 70 valence electrons. The predicted octanol–water partition coefficient (Wildman–Crippen LogP) is 1.87. The average Bonchev–Trinajstić information content (AvgIpc) is 2.08. The molecule has 0 bridgehead atoms. The Labute approximate surface area is 85.0 Å². The van der Waals surface area contributed by atoms with Crippen LogP contribution in [0.25, 0.3) is 0 Å². The van der Waals surface area contributed by atoms with Gasteiger partial charge in [0.05, 0.1) is 12.7 Å². The van der Waals surface area contributed by atoms with Crippen molar-refractivity contribution in [1.82, 2.24) is 0 Å². The highest BCUT2D eigenvalue weighted by molar-refractivity contribution is 9.10. The zero-order valence-corrected chi connectivity index (χ0v) is 9.01. The second kappa shape index (κ2) is 3.79. The summed E-state index contributed by atoms with van der Waals surface area (Å²) >= 11 is 3.34. The molecule has 1 aromatic rings. The van der Waals surface area contributed by atoms with Gasteiger partial charge in [-0.15, -0.1) is 0 Å². The Balaban J connectivity index is 3.33. The molecule has 0 saturated heterocycles. The second-order valence-corrected chi connectivity index (χ2v) is 3.52. The number of amides is 1. The second-order valence-electron chi connectivity index (χ2n) is 2.67. The number of carbonyl (C=O) groups excluding carboxylic acids is 1. The van der Waals surface area contributed by atoms with Crippen molar-refractivity contribution in [1.29, 1.82) is 0 Å². The van der Waals surface area contributed by atoms with E-state index < -0.39 is 5.91 Å². The molecule has 1 rings (SSSR count). The van der Waals surface area contributed by atoms with Crippen molar-refractivity contribution in [2.24, 2.45) is 5.73 Å². The van der Waals surface area contributed by atoms with E-state index in [0.717, 1.165) is 10.0 Å². The van der Waals surface area contributed by atoms with Gasteiger partial charge in [-0.05, 0) is 24.6 Å². The largest absolute Gasteiger partial charge is 0.496 e. The van der Waals surface area contributed by atoms with Gasteiger partial charge in [0.2, 0.25) is 0 Å². The topological polar surface area (TPSA) is 52.3 Å². The average molecular weight is 244 g/mol. The first-order chi connectivity index (χ1) is 6.06. The maximum absolute atomic E-state index is 11.0. The molecule has 0 spiro atoms. The molecule has 1 aromatic carbocycles. The van der Waals surface area contributed by atoms with Crippen molar-refractivity contribution in [3.63, 3.8) is 0 Å². The standard InChI is InChI=1S/C9H10BrNO2/c1-5-3-6(9(11)12)8(13-2)4-7(5)10/h3-4H,1-2H3,(H2,11,12). The van der Waals surface area contributed by atoms with E-state index in [9.17, 15) is 4.79 Å². The molecule has 0 unspecified atom stereocenters. The summed E-state index contributed by atoms with van der Waals surface area (Å²) in [6.45, 7) is 1.88. The third kappa shape index (κ3) is 2.01. The van der Waals surface area contributed by atoms with Crippen molar-refractivity contribution >= 4 is 21.8 Å². The Morgan fingerprint density at radius 1 is 1.54 bits per heavy atom. The van der Waals surface area contributed by atoms with Crippen LogP contribution >= 0.6 is 15.9 Å². The summed E-state index contributed by atoms with van der Waals surface area (Å²) in [6, 6.07) is 3.43. The van der Waals surface area contributed by atoms with Crippen LogP contribution in [0, 0.1) is 6.92 Å². The number of hydrogen-bond acceptors (Lipinski definition) is 2. The molecule has 0 aliphatic heterocycles. The Hall–Kier alpha value is -1.03. The number of primary amides is 1. The third-order valence-corrected chi connectivity index (χ3v) is 2.60. The first kappa shape index (κ1) is 10.1. The molecule has 13 heavy (non-hydrogen) atoms. The molecule has 0 aromatic heterocycles. The molecule has 1 amide bonds. The molecule has 0 atom stereocenters. The Morgan fingerprint density at radius 2 is 2.15 bits per heavy atom. The van der Waals surface area contributed by atoms with Crippen LogP contribution in [-0.2, 0) is 0 Å². The van der Waals surface area contributed by atoms with E-state index in [1.165, 1.54) is 7.11 Å². The molecule has 2 N–H and O–H groups in total. The number of aryl methyl sites for hydroxylation is 1. The molecule has 3 nitrogen and oxygen atoms in total. The number of rotatable bonds is 2. The van der Waals surface area contributed by atoms with Crippen LogP contribution in [0.4, 0.5) is 0 Å². The number of ether oxygens (including phenoxy) is 1. The molecule has 0 fully saturated rings. The lowest BCUT2D eigenvalue weighted by atomic mass is 10.1. The van der Waals surface area contributed by atoms with Crippen LogP contribution < -0.4 is 10.5 Å². The highest BCUT2D eigenvalue weighted by Gasteiger charge is 2.10. The summed E-state index contributed by atoms with van der Waals surface area (Å²) in [5.41, 5.74) is 6.53. The van der Waals surface area contributed by atoms with Gasteiger partial charge < -0.3 is 10.5 Å². The van der Waals surface area contributed by atoms with Gasteiger partial charge in [-0.25, -0.2) is 0 Å². The molecular weight excluding hydrogens is 234 g/mol. The van der Waals surface area contributed by atoms with Crippen LogP contribution in [0.1, 0.15) is 15.9 Å². The summed E-state index contributed by atoms with van der Waals surface area (Å²) in [5, 5.41) is 0. The number of benzene rings is 1. The summed E-state index contributed by atoms with van der Waals surface area (Å²) in [4.78, 5) is 11.0. The Kier molecular flexibility index (Phi) is 2.93. The van der Waals surface area contributed by atoms with Gasteiger partial charge in [-0.3, -0.25) is 4.79 Å². The predicted molar refractivity (Wildman–Crippen MR) is 53.9 cm³/mol. The molecule has 4 heteroatoms. The van der Waals surface area contributed by atoms with Gasteiger partial charge in [0.1, 0.15) is 5.75 Å². The SMILES string of the molecule is COc1cc(Br)c(C)cc1C(N)=O. The van der Waals surface area contributed by atoms with Gasteiger partial charge in [-0.1, -0.05) is 15.9 Å². The van der Waals surface area contributed by atoms with Crippen LogP contribution in [0.2, 0.25) is 0 Å². The molecule has 0 saturated carbocycles. The fraction of sp³-hybridized carbons (Fsp3) is 0.222. The zero-order valence-electron chi connectivity index (χ0n) is 7.43. The third-order valence-electron chi connectivity index (χ3n) is 1.75. The highest BCUT2D eigenvalue weighted by atomic mass is 79.9. The van der Waals surface area contributed by atoms with Crippen LogP contribution in [-0.4, -0.2) is 13.0 Å². The number of nitrogens with two attached hydrogens (primary N) is 1. The number of halogens is 1. The highest BCUT2D eigenvalue weighted by Crippen LogP contribution is 2.26. The first-order valence-electron chi connectivity index (χ1n) is 3.70. The van der Waals surface area contributed by atoms with Gasteiger partial charge >= 0.3 is 0 Å². The normalized spacial score (nSPS) is 9.77. The summed E-state index contributed by atoms with van der Waals surface area (Å²) < 4.78 is 5.91. The molecule has 0 radical (unpaired) electrons. The first-order valence-corrected chi connectivity index (χ1v) is 4.49. The van der Waals surface area contributed by atoms with E-state index in [1.54, 1.807) is 12.1 Å². The van der Waals surface area contributed by atoms with E-state index in [4.69, 9.17) is 10.5 Å². The lowest BCUT2D eigenvalue weighted by molar-refractivity contribution is 0.0997. The van der Waals surface area contributed by atoms with Crippen molar-refractivity contribution in [3.05, 3.63) is 27.7 Å². The molecule has 0 heterocycles. The summed E-state index contributed by atoms with van der Waals surface area (Å²) in [7, 11) is 1.50. The minimum absolute atomic E-state index is 0.406. The van der Waals surface area contributed by atoms with Crippen molar-refractivity contribution in [3.8, 4) is 5.75 Å². The Morgan fingerprint density at radius 3 is 2.62 bits per heavy atom. The monoisotopic (exact) mass is 243 g/mol. The van der Waals surface area contributed by atoms with Crippen molar-refractivity contribution < 1.29 is 9.53 Å². The van der Waals surface area contributed by atoms with Gasteiger partial charge in [0, 0.05) is 4.47 Å². The van der Waals surface area contributed by atoms with E-state index in [2.05, 4.69) is 15.9 Å². The summed E-state index contributed by atoms with van der Waals surface area (Å²) in [6.07, 6.45) is 0. The fourth-order valence-corrected chi connectivity index (χ4v) is 1.35. The number of hydrogen-bond donors (Lipinski definition) is 1. The van der Waals surface area contributed by atoms with E-state index in [0.29, 0.717) is 11.3 Å². The fourth-order valence-electron chi connectivity index (χ4n) is 1.02. The minimum atomic E-state index is -0.479. The molecule has 0 aliphatic rings. The molecule has 0 aliphatic carbocycles. The van der Waals surface area contributed by atoms with Gasteiger partial charge in [0.15, 0.2) is 0 Å². The lowest BCUT2D eigenvalue weighted by Gasteiger charge is -2.07. The maximum Gasteiger partial charge on any atom is 0.252 e. The lowest BCUT2D eigenvalue weighted by Crippen LogP contribution is -2.12. The van der Waals surface area contributed by atoms with Crippen molar-refractivity contribution in [2.75, 3.05) is 7.11 Å². The van der Waals surface area contributed by atoms with E-state index in [1.807, 2.05) is 6.92 Å². The number of methoxy groups -OCH3 is 1. The zero-order chi connectivity index (χ0) is 10.0. The van der Waals surface area contributed by atoms with Crippen LogP contribution in [0.3, 0.4) is 0 Å². The van der Waals surface area contributed by atoms with Crippen LogP contribution in [0.5, 0.6) is 5.75 Å². The quantitative estimate of drug-likeness (QED) is 0.863. The van der Waals surface area contributed by atoms with E-state index in [-0.39, 0.29) is 0 Å². The molecular formula is C9H10BrNO2. The summed E-state index contributed by atoms with van der Waals surface area (Å²) in [5.74, 6) is 0.0115. The van der Waals surface area contributed by atoms with E-state index >= 15 is 0 Å². The Bertz CT molecular complexity index is 350.